The first-order valence-electron chi connectivity index (χ1n) is 45.7. The number of morpholine rings is 2. The van der Waals surface area contributed by atoms with Crippen LogP contribution in [-0.4, -0.2) is 158 Å². The fourth-order valence-corrected chi connectivity index (χ4v) is 16.0. The summed E-state index contributed by atoms with van der Waals surface area (Å²) in [7, 11) is 0. The van der Waals surface area contributed by atoms with E-state index < -0.39 is 0 Å². The number of hydrogen-bond donors (Lipinski definition) is 10. The Kier molecular flexibility index (Phi) is 37.0. The number of amides is 10. The predicted octanol–water partition coefficient (Wildman–Crippen LogP) is 24.2. The van der Waals surface area contributed by atoms with E-state index in [1.54, 1.807) is 122 Å². The summed E-state index contributed by atoms with van der Waals surface area (Å²) in [4.78, 5) is 89.4. The van der Waals surface area contributed by atoms with Crippen molar-refractivity contribution in [1.82, 2.24) is 29.7 Å². The van der Waals surface area contributed by atoms with Gasteiger partial charge < -0.3 is 77.3 Å². The molecular formula is C105H110Cl3F2N19O7. The quantitative estimate of drug-likeness (QED) is 0.0320. The number of carbonyl (C=O) groups is 5. The third kappa shape index (κ3) is 31.8. The number of halogens is 5. The smallest absolute Gasteiger partial charge is 0.323 e. The van der Waals surface area contributed by atoms with Crippen LogP contribution in [0.5, 0.6) is 0 Å². The van der Waals surface area contributed by atoms with E-state index in [-0.39, 0.29) is 41.8 Å². The standard InChI is InChI=1S/C24H31FN4O2.C23H29FN4O2.C22H22ClN5O.2C18H14ClN3O/c25-22-18-21(8-9-23(22)29-11-2-1-3-12-29)27-24(30)26-20-6-4-19(5-7-20)10-13-28-14-16-31-17-15-28;24-21-16-20(8-9-22(21)28-10-2-1-3-11-28)26-23(29)25-19-6-4-18(5-7-19)17-27-12-14-30-15-13-27;23-17-7-9-18(10-8-17)25-22(29)26-19-6-4-5-16(15-19)20-11-12-24-21(27-20)28-13-2-1-3-14-28;19-15-3-7-17(8-4-15)22-18(23)21-16-5-1-13(2-6-16)14-9-11-20-12-10-14;19-14-6-10-16(11-7-14)22-18(23)21-15-8-4-13(5-9-15)17-3-1-2-12-20-17/h4-9,18H,1-3,10-17H2,(H2,26,27,30);4-9,16H,1-3,10-15,17H2,(H2,25,26,29);4-12,15H,1-3,13-14H2,(H2,25,26,29);2*1-12H,(H2,21,22,23). The maximum Gasteiger partial charge on any atom is 0.323 e. The number of rotatable bonds is 21. The molecule has 3 aromatic heterocycles. The molecule has 5 saturated heterocycles. The number of piperidine rings is 3. The van der Waals surface area contributed by atoms with Crippen LogP contribution in [0.25, 0.3) is 33.6 Å². The minimum atomic E-state index is -0.388. The average molecular weight is 1890 g/mol. The molecule has 18 rings (SSSR count). The number of anilines is 13. The molecule has 0 atom stereocenters. The van der Waals surface area contributed by atoms with Crippen molar-refractivity contribution in [3.8, 4) is 33.6 Å². The number of urea groups is 5. The van der Waals surface area contributed by atoms with Gasteiger partial charge in [-0.25, -0.2) is 42.7 Å². The van der Waals surface area contributed by atoms with Crippen LogP contribution in [0.15, 0.2) is 292 Å². The molecule has 0 saturated carbocycles. The van der Waals surface area contributed by atoms with Crippen LogP contribution in [0.1, 0.15) is 68.9 Å². The predicted molar refractivity (Wildman–Crippen MR) is 545 cm³/mol. The van der Waals surface area contributed by atoms with E-state index in [2.05, 4.69) is 92.6 Å². The molecule has 0 bridgehead atoms. The van der Waals surface area contributed by atoms with E-state index >= 15 is 0 Å². The Hall–Kier alpha value is -14.1. The summed E-state index contributed by atoms with van der Waals surface area (Å²) in [5.74, 6) is 0.160. The summed E-state index contributed by atoms with van der Waals surface area (Å²) in [6.07, 6.45) is 18.4. The van der Waals surface area contributed by atoms with Crippen LogP contribution < -0.4 is 67.9 Å². The summed E-state index contributed by atoms with van der Waals surface area (Å²) < 4.78 is 39.8. The molecular weight excluding hydrogens is 1780 g/mol. The highest BCUT2D eigenvalue weighted by atomic mass is 35.5. The Morgan fingerprint density at radius 3 is 1.09 bits per heavy atom. The Labute approximate surface area is 806 Å². The minimum absolute atomic E-state index is 0.302. The number of carbonyl (C=O) groups excluding carboxylic acids is 5. The molecule has 10 N–H and O–H groups in total. The Balaban J connectivity index is 0.000000137. The summed E-state index contributed by atoms with van der Waals surface area (Å²) in [6.45, 7) is 14.4. The largest absolute Gasteiger partial charge is 0.379 e. The number of nitrogens with zero attached hydrogens (tertiary/aromatic N) is 9. The minimum Gasteiger partial charge on any atom is -0.379 e. The van der Waals surface area contributed by atoms with Gasteiger partial charge in [0.2, 0.25) is 5.95 Å². The van der Waals surface area contributed by atoms with Crippen LogP contribution in [0, 0.1) is 11.6 Å². The fraction of sp³-hybridized carbons (Fsp3) is 0.248. The molecule has 13 aromatic rings. The van der Waals surface area contributed by atoms with E-state index in [1.165, 1.54) is 55.4 Å². The lowest BCUT2D eigenvalue weighted by molar-refractivity contribution is 0.0342. The number of ether oxygens (including phenoxy) is 2. The fourth-order valence-electron chi connectivity index (χ4n) is 15.7. The van der Waals surface area contributed by atoms with Crippen molar-refractivity contribution in [2.24, 2.45) is 0 Å². The third-order valence-electron chi connectivity index (χ3n) is 22.8. The number of pyridine rings is 2. The first kappa shape index (κ1) is 97.9. The molecule has 0 unspecified atom stereocenters. The zero-order valence-electron chi connectivity index (χ0n) is 75.4. The van der Waals surface area contributed by atoms with E-state index in [0.29, 0.717) is 83.3 Å². The highest BCUT2D eigenvalue weighted by molar-refractivity contribution is 6.31. The second-order valence-electron chi connectivity index (χ2n) is 32.8. The summed E-state index contributed by atoms with van der Waals surface area (Å²) in [5.41, 5.74) is 15.9. The van der Waals surface area contributed by atoms with E-state index in [0.717, 1.165) is 177 Å². The molecule has 5 aliphatic heterocycles. The van der Waals surface area contributed by atoms with Crippen molar-refractivity contribution >= 4 is 139 Å². The SMILES string of the molecule is O=C(Nc1ccc(CCN2CCOCC2)cc1)Nc1ccc(N2CCCCC2)c(F)c1.O=C(Nc1ccc(CN2CCOCC2)cc1)Nc1ccc(N2CCCCC2)c(F)c1.O=C(Nc1ccc(Cl)cc1)Nc1ccc(-c2ccccn2)cc1.O=C(Nc1ccc(Cl)cc1)Nc1ccc(-c2ccncc2)cc1.O=C(Nc1ccc(Cl)cc1)Nc1cccc(-c2ccnc(N3CCCCC3)n2)c1. The van der Waals surface area contributed by atoms with Gasteiger partial charge in [-0.2, -0.15) is 0 Å². The molecule has 10 aromatic carbocycles. The molecule has 136 heavy (non-hydrogen) atoms. The van der Waals surface area contributed by atoms with Crippen LogP contribution in [-0.2, 0) is 22.4 Å². The van der Waals surface area contributed by atoms with Crippen LogP contribution in [0.4, 0.5) is 107 Å². The molecule has 0 aliphatic carbocycles. The van der Waals surface area contributed by atoms with Gasteiger partial charge in [0.15, 0.2) is 0 Å². The molecule has 5 fully saturated rings. The van der Waals surface area contributed by atoms with Crippen molar-refractivity contribution in [3.05, 3.63) is 330 Å². The van der Waals surface area contributed by atoms with Gasteiger partial charge in [-0.1, -0.05) is 102 Å². The zero-order valence-corrected chi connectivity index (χ0v) is 77.6. The van der Waals surface area contributed by atoms with E-state index in [9.17, 15) is 32.8 Å². The molecule has 10 amide bonds. The average Bonchev–Trinajstić information content (AvgIpc) is 0.855. The highest BCUT2D eigenvalue weighted by Crippen LogP contribution is 2.32. The van der Waals surface area contributed by atoms with Gasteiger partial charge in [0.25, 0.3) is 0 Å². The van der Waals surface area contributed by atoms with Crippen molar-refractivity contribution in [2.45, 2.75) is 70.8 Å². The van der Waals surface area contributed by atoms with Crippen molar-refractivity contribution in [2.75, 3.05) is 166 Å². The molecule has 0 spiro atoms. The van der Waals surface area contributed by atoms with Crippen molar-refractivity contribution in [3.63, 3.8) is 0 Å². The van der Waals surface area contributed by atoms with Gasteiger partial charge in [0.05, 0.1) is 49.2 Å². The zero-order chi connectivity index (χ0) is 94.4. The van der Waals surface area contributed by atoms with Crippen LogP contribution in [0.2, 0.25) is 15.1 Å². The van der Waals surface area contributed by atoms with Crippen LogP contribution >= 0.6 is 34.8 Å². The lowest BCUT2D eigenvalue weighted by Gasteiger charge is -2.29. The summed E-state index contributed by atoms with van der Waals surface area (Å²) in [5, 5.41) is 29.6. The topological polar surface area (TPSA) is 292 Å². The highest BCUT2D eigenvalue weighted by Gasteiger charge is 2.22. The van der Waals surface area contributed by atoms with Gasteiger partial charge in [0.1, 0.15) is 11.6 Å². The van der Waals surface area contributed by atoms with Gasteiger partial charge in [-0.3, -0.25) is 19.8 Å². The Morgan fingerprint density at radius 1 is 0.301 bits per heavy atom. The first-order valence-corrected chi connectivity index (χ1v) is 46.8. The number of nitrogens with one attached hydrogen (secondary N) is 10. The normalized spacial score (nSPS) is 14.2. The second kappa shape index (κ2) is 51.4. The lowest BCUT2D eigenvalue weighted by atomic mass is 10.1. The lowest BCUT2D eigenvalue weighted by Crippen LogP contribution is -2.37. The molecule has 8 heterocycles. The number of hydrogen-bond acceptors (Lipinski definition) is 16. The van der Waals surface area contributed by atoms with E-state index in [1.807, 2.05) is 158 Å². The molecule has 26 nitrogen and oxygen atoms in total. The van der Waals surface area contributed by atoms with E-state index in [4.69, 9.17) is 49.3 Å². The monoisotopic (exact) mass is 1890 g/mol. The van der Waals surface area contributed by atoms with Gasteiger partial charge in [0, 0.05) is 186 Å². The second-order valence-corrected chi connectivity index (χ2v) is 34.1. The number of benzene rings is 10. The van der Waals surface area contributed by atoms with Gasteiger partial charge >= 0.3 is 30.2 Å². The third-order valence-corrected chi connectivity index (χ3v) is 23.6. The Bertz CT molecular complexity index is 5830. The maximum absolute atomic E-state index is 14.5. The van der Waals surface area contributed by atoms with Crippen molar-refractivity contribution in [1.29, 1.82) is 0 Å². The van der Waals surface area contributed by atoms with Gasteiger partial charge in [-0.05, 0) is 287 Å². The molecule has 31 heteroatoms. The Morgan fingerprint density at radius 2 is 0.669 bits per heavy atom. The van der Waals surface area contributed by atoms with Crippen LogP contribution in [0.3, 0.4) is 0 Å². The van der Waals surface area contributed by atoms with Crippen molar-refractivity contribution < 1.29 is 42.2 Å². The molecule has 0 radical (unpaired) electrons. The van der Waals surface area contributed by atoms with Gasteiger partial charge in [-0.15, -0.1) is 0 Å². The first-order chi connectivity index (χ1) is 66.4. The molecule has 702 valence electrons. The summed E-state index contributed by atoms with van der Waals surface area (Å²) >= 11 is 17.5. The maximum atomic E-state index is 14.5. The summed E-state index contributed by atoms with van der Waals surface area (Å²) in [6, 6.07) is 78.8. The number of aromatic nitrogens is 4. The molecule has 5 aliphatic rings.